The summed E-state index contributed by atoms with van der Waals surface area (Å²) in [5.41, 5.74) is 0. The highest BCUT2D eigenvalue weighted by molar-refractivity contribution is 5.05. The van der Waals surface area contributed by atoms with Crippen LogP contribution in [0.5, 0.6) is 0 Å². The molecule has 50 valence electrons. The van der Waals surface area contributed by atoms with Crippen molar-refractivity contribution in [1.82, 2.24) is 0 Å². The first-order valence-electron chi connectivity index (χ1n) is 3.72. The van der Waals surface area contributed by atoms with Crippen molar-refractivity contribution in [2.45, 2.75) is 25.4 Å². The van der Waals surface area contributed by atoms with Crippen molar-refractivity contribution >= 4 is 0 Å². The number of aliphatic hydroxyl groups is 1. The third kappa shape index (κ3) is 0.715. The smallest absolute Gasteiger partial charge is 0.0633 e. The Balaban J connectivity index is 2.22. The molecule has 9 heavy (non-hydrogen) atoms. The highest BCUT2D eigenvalue weighted by Crippen LogP contribution is 2.37. The van der Waals surface area contributed by atoms with Gasteiger partial charge in [-0.25, -0.2) is 0 Å². The molecular weight excluding hydrogens is 112 g/mol. The van der Waals surface area contributed by atoms with Gasteiger partial charge in [-0.05, 0) is 25.2 Å². The van der Waals surface area contributed by atoms with Crippen molar-refractivity contribution < 1.29 is 5.11 Å². The highest BCUT2D eigenvalue weighted by atomic mass is 16.3. The highest BCUT2D eigenvalue weighted by Gasteiger charge is 2.34. The van der Waals surface area contributed by atoms with Crippen LogP contribution in [0.3, 0.4) is 0 Å². The zero-order valence-electron chi connectivity index (χ0n) is 5.46. The van der Waals surface area contributed by atoms with E-state index in [2.05, 4.69) is 12.2 Å². The van der Waals surface area contributed by atoms with Crippen LogP contribution in [0, 0.1) is 11.8 Å². The van der Waals surface area contributed by atoms with Gasteiger partial charge in [0.1, 0.15) is 0 Å². The summed E-state index contributed by atoms with van der Waals surface area (Å²) in [6, 6.07) is 0. The van der Waals surface area contributed by atoms with Crippen LogP contribution in [0.2, 0.25) is 0 Å². The number of hydrogen-bond donors (Lipinski definition) is 1. The number of allylic oxidation sites excluding steroid dienone is 1. The molecular formula is C8H12O. The number of rotatable bonds is 0. The molecule has 1 N–H and O–H groups in total. The lowest BCUT2D eigenvalue weighted by Gasteiger charge is -2.19. The third-order valence-electron chi connectivity index (χ3n) is 2.61. The normalized spacial score (nSPS) is 47.9. The van der Waals surface area contributed by atoms with E-state index in [4.69, 9.17) is 0 Å². The van der Waals surface area contributed by atoms with Gasteiger partial charge >= 0.3 is 0 Å². The summed E-state index contributed by atoms with van der Waals surface area (Å²) in [6.07, 6.45) is 7.94. The Morgan fingerprint density at radius 3 is 2.89 bits per heavy atom. The third-order valence-corrected chi connectivity index (χ3v) is 2.61. The maximum absolute atomic E-state index is 9.46. The first-order chi connectivity index (χ1) is 4.38. The maximum Gasteiger partial charge on any atom is 0.0633 e. The molecule has 0 aromatic rings. The van der Waals surface area contributed by atoms with Gasteiger partial charge in [0, 0.05) is 5.92 Å². The molecule has 0 saturated heterocycles. The average molecular weight is 124 g/mol. The summed E-state index contributed by atoms with van der Waals surface area (Å²) in [4.78, 5) is 0. The molecule has 2 rings (SSSR count). The van der Waals surface area contributed by atoms with Gasteiger partial charge in [-0.3, -0.25) is 0 Å². The van der Waals surface area contributed by atoms with Crippen LogP contribution >= 0.6 is 0 Å². The number of fused-ring (bicyclic) bond motifs is 2. The van der Waals surface area contributed by atoms with Crippen molar-refractivity contribution in [3.05, 3.63) is 12.2 Å². The van der Waals surface area contributed by atoms with Crippen molar-refractivity contribution in [2.75, 3.05) is 0 Å². The van der Waals surface area contributed by atoms with Gasteiger partial charge in [-0.15, -0.1) is 0 Å². The van der Waals surface area contributed by atoms with Gasteiger partial charge in [0.15, 0.2) is 0 Å². The minimum atomic E-state index is -0.00463. The minimum absolute atomic E-state index is 0.00463. The van der Waals surface area contributed by atoms with Crippen LogP contribution in [0.25, 0.3) is 0 Å². The van der Waals surface area contributed by atoms with Crippen molar-refractivity contribution in [3.8, 4) is 0 Å². The first-order valence-corrected chi connectivity index (χ1v) is 3.72. The number of hydrogen-bond acceptors (Lipinski definition) is 1. The van der Waals surface area contributed by atoms with E-state index < -0.39 is 0 Å². The monoisotopic (exact) mass is 124 g/mol. The van der Waals surface area contributed by atoms with Gasteiger partial charge in [0.05, 0.1) is 6.10 Å². The Morgan fingerprint density at radius 2 is 2.22 bits per heavy atom. The molecule has 1 nitrogen and oxygen atoms in total. The Morgan fingerprint density at radius 1 is 1.33 bits per heavy atom. The quantitative estimate of drug-likeness (QED) is 0.483. The second-order valence-electron chi connectivity index (χ2n) is 3.16. The van der Waals surface area contributed by atoms with E-state index in [1.54, 1.807) is 0 Å². The molecule has 2 bridgehead atoms. The molecule has 1 saturated carbocycles. The first kappa shape index (κ1) is 5.48. The summed E-state index contributed by atoms with van der Waals surface area (Å²) in [6.45, 7) is 0. The van der Waals surface area contributed by atoms with Gasteiger partial charge in [-0.1, -0.05) is 12.2 Å². The van der Waals surface area contributed by atoms with Crippen molar-refractivity contribution in [3.63, 3.8) is 0 Å². The lowest BCUT2D eigenvalue weighted by molar-refractivity contribution is 0.103. The number of aliphatic hydroxyl groups excluding tert-OH is 1. The van der Waals surface area contributed by atoms with Gasteiger partial charge in [0.2, 0.25) is 0 Å². The van der Waals surface area contributed by atoms with Crippen LogP contribution in [0.15, 0.2) is 12.2 Å². The second-order valence-corrected chi connectivity index (χ2v) is 3.16. The zero-order chi connectivity index (χ0) is 6.27. The Hall–Kier alpha value is -0.300. The van der Waals surface area contributed by atoms with Crippen LogP contribution in [0.4, 0.5) is 0 Å². The molecule has 0 unspecified atom stereocenters. The predicted octanol–water partition coefficient (Wildman–Crippen LogP) is 1.33. The minimum Gasteiger partial charge on any atom is -0.392 e. The summed E-state index contributed by atoms with van der Waals surface area (Å²) >= 11 is 0. The fourth-order valence-corrected chi connectivity index (χ4v) is 1.99. The fraction of sp³-hybridized carbons (Fsp3) is 0.750. The molecule has 1 fully saturated rings. The standard InChI is InChI=1S/C8H12O/c9-8-6-2-1-3-7(8)5-4-6/h1-2,6-9H,3-5H2/t6-,7+,8+/m1/s1. The van der Waals surface area contributed by atoms with Crippen LogP contribution in [-0.2, 0) is 0 Å². The van der Waals surface area contributed by atoms with E-state index in [-0.39, 0.29) is 6.10 Å². The topological polar surface area (TPSA) is 20.2 Å². The molecule has 2 aliphatic carbocycles. The van der Waals surface area contributed by atoms with Gasteiger partial charge in [-0.2, -0.15) is 0 Å². The average Bonchev–Trinajstić information content (AvgIpc) is 2.19. The molecule has 2 aliphatic rings. The lowest BCUT2D eigenvalue weighted by atomic mass is 9.92. The summed E-state index contributed by atoms with van der Waals surface area (Å²) in [5, 5.41) is 9.46. The maximum atomic E-state index is 9.46. The fourth-order valence-electron chi connectivity index (χ4n) is 1.99. The molecule has 0 aromatic carbocycles. The molecule has 0 spiro atoms. The molecule has 1 heteroatoms. The van der Waals surface area contributed by atoms with Gasteiger partial charge in [0.25, 0.3) is 0 Å². The second kappa shape index (κ2) is 1.84. The summed E-state index contributed by atoms with van der Waals surface area (Å²) in [7, 11) is 0. The molecule has 0 heterocycles. The molecule has 0 aliphatic heterocycles. The van der Waals surface area contributed by atoms with E-state index in [0.29, 0.717) is 11.8 Å². The van der Waals surface area contributed by atoms with E-state index >= 15 is 0 Å². The summed E-state index contributed by atoms with van der Waals surface area (Å²) in [5.74, 6) is 1.10. The summed E-state index contributed by atoms with van der Waals surface area (Å²) < 4.78 is 0. The molecule has 0 radical (unpaired) electrons. The van der Waals surface area contributed by atoms with Crippen LogP contribution < -0.4 is 0 Å². The van der Waals surface area contributed by atoms with E-state index in [1.807, 2.05) is 0 Å². The Bertz CT molecular complexity index is 140. The van der Waals surface area contributed by atoms with Crippen molar-refractivity contribution in [1.29, 1.82) is 0 Å². The van der Waals surface area contributed by atoms with Crippen LogP contribution in [0.1, 0.15) is 19.3 Å². The Labute approximate surface area is 55.4 Å². The Kier molecular flexibility index (Phi) is 1.12. The van der Waals surface area contributed by atoms with Crippen LogP contribution in [-0.4, -0.2) is 11.2 Å². The molecule has 0 aromatic heterocycles. The lowest BCUT2D eigenvalue weighted by Crippen LogP contribution is -2.21. The molecule has 0 amide bonds. The zero-order valence-corrected chi connectivity index (χ0v) is 5.46. The van der Waals surface area contributed by atoms with E-state index in [1.165, 1.54) is 12.8 Å². The van der Waals surface area contributed by atoms with Crippen molar-refractivity contribution in [2.24, 2.45) is 11.8 Å². The van der Waals surface area contributed by atoms with E-state index in [9.17, 15) is 5.11 Å². The largest absolute Gasteiger partial charge is 0.392 e. The SMILES string of the molecule is O[C@@H]1[C@H]2CC=C[C@@H]1CC2. The predicted molar refractivity (Wildman–Crippen MR) is 36.0 cm³/mol. The van der Waals surface area contributed by atoms with E-state index in [0.717, 1.165) is 6.42 Å². The van der Waals surface area contributed by atoms with Gasteiger partial charge < -0.3 is 5.11 Å². The molecule has 3 atom stereocenters.